The molecule has 2 fully saturated rings. The number of nitrogens with one attached hydrogen (secondary N) is 1. The van der Waals surface area contributed by atoms with Crippen LogP contribution in [0, 0.1) is 0 Å². The van der Waals surface area contributed by atoms with Crippen molar-refractivity contribution < 1.29 is 29.5 Å². The molecule has 5 rings (SSSR count). The van der Waals surface area contributed by atoms with E-state index in [2.05, 4.69) is 20.4 Å². The summed E-state index contributed by atoms with van der Waals surface area (Å²) in [7, 11) is 0. The van der Waals surface area contributed by atoms with Crippen LogP contribution in [0.25, 0.3) is 0 Å². The molecule has 5 heterocycles. The molecule has 5 N–H and O–H groups in total. The highest BCUT2D eigenvalue weighted by Gasteiger charge is 2.54. The molecule has 3 aliphatic rings. The van der Waals surface area contributed by atoms with Crippen molar-refractivity contribution in [3.8, 4) is 0 Å². The summed E-state index contributed by atoms with van der Waals surface area (Å²) >= 11 is 2.30. The highest BCUT2D eigenvalue weighted by molar-refractivity contribution is 8.00. The van der Waals surface area contributed by atoms with E-state index in [0.29, 0.717) is 29.8 Å². The summed E-state index contributed by atoms with van der Waals surface area (Å²) in [6, 6.07) is 2.45. The fourth-order valence-electron chi connectivity index (χ4n) is 4.29. The minimum atomic E-state index is -1.32. The molecule has 0 aromatic carbocycles. The number of nitrogens with zero attached hydrogens (tertiary/aromatic N) is 5. The highest BCUT2D eigenvalue weighted by Crippen LogP contribution is 2.41. The Morgan fingerprint density at radius 2 is 2.14 bits per heavy atom. The van der Waals surface area contributed by atoms with Gasteiger partial charge in [0.25, 0.3) is 17.7 Å². The summed E-state index contributed by atoms with van der Waals surface area (Å²) in [6.07, 6.45) is 5.13. The van der Waals surface area contributed by atoms with Gasteiger partial charge in [0.15, 0.2) is 10.8 Å². The average Bonchev–Trinajstić information content (AvgIpc) is 3.48. The molecule has 3 aliphatic heterocycles. The van der Waals surface area contributed by atoms with Gasteiger partial charge in [-0.05, 0) is 30.2 Å². The predicted octanol–water partition coefficient (Wildman–Crippen LogP) is 0.401. The van der Waals surface area contributed by atoms with Gasteiger partial charge in [-0.15, -0.1) is 23.1 Å². The fourth-order valence-corrected chi connectivity index (χ4v) is 6.14. The summed E-state index contributed by atoms with van der Waals surface area (Å²) in [6.45, 7) is 0.429. The first-order valence-corrected chi connectivity index (χ1v) is 12.8. The normalized spacial score (nSPS) is 22.8. The summed E-state index contributed by atoms with van der Waals surface area (Å²) in [5.41, 5.74) is 6.36. The van der Waals surface area contributed by atoms with Crippen LogP contribution >= 0.6 is 23.1 Å². The lowest BCUT2D eigenvalue weighted by Gasteiger charge is -2.49. The topological polar surface area (TPSA) is 191 Å². The number of anilines is 2. The van der Waals surface area contributed by atoms with Crippen LogP contribution in [-0.2, 0) is 19.2 Å². The first-order chi connectivity index (χ1) is 17.8. The largest absolute Gasteiger partial charge is 0.477 e. The molecule has 2 saturated heterocycles. The van der Waals surface area contributed by atoms with Gasteiger partial charge in [0.2, 0.25) is 0 Å². The minimum absolute atomic E-state index is 0.0454. The van der Waals surface area contributed by atoms with Gasteiger partial charge < -0.3 is 26.3 Å². The molecule has 0 saturated carbocycles. The molecular formula is C22H19N7O6S2. The Balaban J connectivity index is 1.35. The number of oxime groups is 1. The standard InChI is InChI=1S/C22H19N7O6S2/c23-22-25-13(9-37-22)14(27-35)17(30)26-15-19(32)29-16(21(33)34)11(8-36-20(15)29)6-10-3-5-28(18(10)31)12-2-1-4-24-7-12/h1-2,4,6-7,9,15,20,35H,3,5,8H2,(H2,23,25)(H,26,30)(H,33,34)/b10-6+,27-14-/t15-,20-/m1/s1. The van der Waals surface area contributed by atoms with E-state index in [0.717, 1.165) is 16.2 Å². The third kappa shape index (κ3) is 4.31. The van der Waals surface area contributed by atoms with E-state index in [1.807, 2.05) is 0 Å². The average molecular weight is 542 g/mol. The third-order valence-electron chi connectivity index (χ3n) is 6.00. The summed E-state index contributed by atoms with van der Waals surface area (Å²) in [5.74, 6) is -2.86. The van der Waals surface area contributed by atoms with Gasteiger partial charge in [0.1, 0.15) is 22.8 Å². The van der Waals surface area contributed by atoms with Gasteiger partial charge in [-0.25, -0.2) is 9.78 Å². The maximum absolute atomic E-state index is 12.9. The van der Waals surface area contributed by atoms with Gasteiger partial charge in [-0.3, -0.25) is 24.3 Å². The molecule has 3 amide bonds. The number of aromatic nitrogens is 2. The van der Waals surface area contributed by atoms with Crippen LogP contribution in [0.2, 0.25) is 0 Å². The number of amides is 3. The molecule has 0 aliphatic carbocycles. The number of fused-ring (bicyclic) bond motifs is 1. The van der Waals surface area contributed by atoms with E-state index in [1.54, 1.807) is 29.4 Å². The Morgan fingerprint density at radius 3 is 2.78 bits per heavy atom. The number of hydrogen-bond acceptors (Lipinski definition) is 11. The number of thiazole rings is 1. The van der Waals surface area contributed by atoms with Gasteiger partial charge in [-0.2, -0.15) is 0 Å². The first kappa shape index (κ1) is 24.5. The van der Waals surface area contributed by atoms with E-state index in [4.69, 9.17) is 5.73 Å². The molecule has 0 spiro atoms. The SMILES string of the molecule is Nc1nc(/C(=N/O)C(=O)N[C@@H]2C(=O)N3C(C(=O)O)=C(/C=C4\CCN(c5cccnc5)C4=O)CS[C@H]23)cs1. The number of β-lactam (4-membered cyclic amide) rings is 1. The van der Waals surface area contributed by atoms with Crippen LogP contribution in [0.5, 0.6) is 0 Å². The Morgan fingerprint density at radius 1 is 1.32 bits per heavy atom. The van der Waals surface area contributed by atoms with Crippen LogP contribution in [0.1, 0.15) is 12.1 Å². The van der Waals surface area contributed by atoms with Crippen molar-refractivity contribution in [1.82, 2.24) is 20.2 Å². The van der Waals surface area contributed by atoms with E-state index >= 15 is 0 Å². The quantitative estimate of drug-likeness (QED) is 0.131. The fraction of sp³-hybridized carbons (Fsp3) is 0.227. The number of carboxylic acid groups (broad SMARTS) is 1. The van der Waals surface area contributed by atoms with Crippen molar-refractivity contribution in [2.45, 2.75) is 17.8 Å². The number of allylic oxidation sites excluding steroid dienone is 1. The van der Waals surface area contributed by atoms with Crippen molar-refractivity contribution in [3.63, 3.8) is 0 Å². The Kier molecular flexibility index (Phi) is 6.39. The van der Waals surface area contributed by atoms with Gasteiger partial charge >= 0.3 is 5.97 Å². The molecule has 13 nitrogen and oxygen atoms in total. The zero-order chi connectivity index (χ0) is 26.3. The molecule has 0 radical (unpaired) electrons. The van der Waals surface area contributed by atoms with Gasteiger partial charge in [-0.1, -0.05) is 5.16 Å². The van der Waals surface area contributed by atoms with Crippen LogP contribution in [0.3, 0.4) is 0 Å². The van der Waals surface area contributed by atoms with Crippen molar-refractivity contribution in [2.75, 3.05) is 22.9 Å². The van der Waals surface area contributed by atoms with Crippen molar-refractivity contribution in [1.29, 1.82) is 0 Å². The Hall–Kier alpha value is -4.24. The number of carbonyl (C=O) groups is 4. The summed E-state index contributed by atoms with van der Waals surface area (Å²) < 4.78 is 0. The molecule has 0 bridgehead atoms. The van der Waals surface area contributed by atoms with E-state index in [9.17, 15) is 29.5 Å². The number of thioether (sulfide) groups is 1. The van der Waals surface area contributed by atoms with Crippen LogP contribution in [-0.4, -0.2) is 78.3 Å². The van der Waals surface area contributed by atoms with Gasteiger partial charge in [0, 0.05) is 29.4 Å². The lowest BCUT2D eigenvalue weighted by molar-refractivity contribution is -0.150. The molecule has 2 atom stereocenters. The van der Waals surface area contributed by atoms with Crippen LogP contribution in [0.4, 0.5) is 10.8 Å². The van der Waals surface area contributed by atoms with Crippen molar-refractivity contribution in [3.05, 3.63) is 58.5 Å². The number of aliphatic carboxylic acids is 1. The maximum atomic E-state index is 12.9. The lowest BCUT2D eigenvalue weighted by atomic mass is 10.0. The number of carboxylic acids is 1. The monoisotopic (exact) mass is 541 g/mol. The molecule has 37 heavy (non-hydrogen) atoms. The van der Waals surface area contributed by atoms with Crippen LogP contribution in [0.15, 0.2) is 58.0 Å². The molecule has 15 heteroatoms. The predicted molar refractivity (Wildman–Crippen MR) is 134 cm³/mol. The molecule has 2 aromatic heterocycles. The van der Waals surface area contributed by atoms with E-state index in [-0.39, 0.29) is 28.2 Å². The minimum Gasteiger partial charge on any atom is -0.477 e. The Labute approximate surface area is 217 Å². The highest BCUT2D eigenvalue weighted by atomic mass is 32.2. The number of nitrogens with two attached hydrogens (primary N) is 1. The number of pyridine rings is 1. The maximum Gasteiger partial charge on any atom is 0.352 e. The smallest absolute Gasteiger partial charge is 0.352 e. The molecule has 2 aromatic rings. The number of carbonyl (C=O) groups excluding carboxylic acids is 3. The second-order valence-electron chi connectivity index (χ2n) is 8.15. The zero-order valence-corrected chi connectivity index (χ0v) is 20.5. The molecular weight excluding hydrogens is 522 g/mol. The summed E-state index contributed by atoms with van der Waals surface area (Å²) in [4.78, 5) is 61.3. The first-order valence-electron chi connectivity index (χ1n) is 10.9. The second kappa shape index (κ2) is 9.67. The zero-order valence-electron chi connectivity index (χ0n) is 18.9. The molecule has 0 unspecified atom stereocenters. The second-order valence-corrected chi connectivity index (χ2v) is 10.1. The molecule has 190 valence electrons. The van der Waals surface area contributed by atoms with E-state index in [1.165, 1.54) is 23.2 Å². The van der Waals surface area contributed by atoms with Crippen molar-refractivity contribution >= 4 is 63.3 Å². The number of hydrogen-bond donors (Lipinski definition) is 4. The van der Waals surface area contributed by atoms with Gasteiger partial charge in [0.05, 0.1) is 11.9 Å². The van der Waals surface area contributed by atoms with E-state index < -0.39 is 34.9 Å². The lowest BCUT2D eigenvalue weighted by Crippen LogP contribution is -2.71. The Bertz CT molecular complexity index is 1400. The van der Waals surface area contributed by atoms with Crippen molar-refractivity contribution in [2.24, 2.45) is 5.16 Å². The number of nitrogen functional groups attached to an aromatic ring is 1. The summed E-state index contributed by atoms with van der Waals surface area (Å²) in [5, 5.41) is 25.6. The number of rotatable bonds is 6. The third-order valence-corrected chi connectivity index (χ3v) is 7.97. The van der Waals surface area contributed by atoms with Crippen LogP contribution < -0.4 is 16.0 Å².